The van der Waals surface area contributed by atoms with Crippen LogP contribution in [0.2, 0.25) is 0 Å². The molecule has 0 aliphatic rings. The highest BCUT2D eigenvalue weighted by molar-refractivity contribution is 6.05. The van der Waals surface area contributed by atoms with Gasteiger partial charge in [0.2, 0.25) is 0 Å². The van der Waals surface area contributed by atoms with Crippen LogP contribution in [0.1, 0.15) is 35.3 Å². The van der Waals surface area contributed by atoms with Gasteiger partial charge in [0.1, 0.15) is 5.82 Å². The minimum Gasteiger partial charge on any atom is -0.357 e. The number of pyridine rings is 1. The number of benzene rings is 2. The molecule has 26 heavy (non-hydrogen) atoms. The van der Waals surface area contributed by atoms with Crippen molar-refractivity contribution >= 4 is 28.3 Å². The monoisotopic (exact) mass is 347 g/mol. The molecule has 4 nitrogen and oxygen atoms in total. The van der Waals surface area contributed by atoms with Gasteiger partial charge in [0, 0.05) is 29.7 Å². The number of nitrogens with zero attached hydrogens (tertiary/aromatic N) is 2. The second-order valence-corrected chi connectivity index (χ2v) is 6.53. The molecule has 1 heterocycles. The van der Waals surface area contributed by atoms with Crippen LogP contribution in [0.4, 0.5) is 11.5 Å². The fraction of sp³-hybridized carbons (Fsp3) is 0.273. The minimum absolute atomic E-state index is 0.0987. The predicted octanol–water partition coefficient (Wildman–Crippen LogP) is 4.95. The zero-order chi connectivity index (χ0) is 18.7. The van der Waals surface area contributed by atoms with Crippen molar-refractivity contribution < 1.29 is 4.79 Å². The molecule has 0 radical (unpaired) electrons. The van der Waals surface area contributed by atoms with Gasteiger partial charge < -0.3 is 10.2 Å². The standard InChI is InChI=1S/C22H25N3O/c1-5-25(6-2)21-13-16(4)19-14-18(10-11-20(19)24-21)23-22(26)17-9-7-8-15(3)12-17/h7-14H,5-6H2,1-4H3,(H,23,26). The minimum atomic E-state index is -0.0987. The van der Waals surface area contributed by atoms with Crippen molar-refractivity contribution in [2.75, 3.05) is 23.3 Å². The molecule has 134 valence electrons. The number of amides is 1. The third-order valence-electron chi connectivity index (χ3n) is 4.63. The van der Waals surface area contributed by atoms with E-state index in [0.29, 0.717) is 5.56 Å². The van der Waals surface area contributed by atoms with Crippen LogP contribution in [0.15, 0.2) is 48.5 Å². The Morgan fingerprint density at radius 1 is 1.04 bits per heavy atom. The summed E-state index contributed by atoms with van der Waals surface area (Å²) in [5.41, 5.74) is 4.62. The second-order valence-electron chi connectivity index (χ2n) is 6.53. The third-order valence-corrected chi connectivity index (χ3v) is 4.63. The van der Waals surface area contributed by atoms with Crippen LogP contribution in [0.5, 0.6) is 0 Å². The quantitative estimate of drug-likeness (QED) is 0.710. The molecule has 0 atom stereocenters. The van der Waals surface area contributed by atoms with Crippen LogP contribution in [-0.4, -0.2) is 24.0 Å². The van der Waals surface area contributed by atoms with E-state index in [1.54, 1.807) is 0 Å². The molecule has 1 amide bonds. The number of carbonyl (C=O) groups excluding carboxylic acids is 1. The molecule has 0 unspecified atom stereocenters. The highest BCUT2D eigenvalue weighted by Gasteiger charge is 2.10. The fourth-order valence-electron chi connectivity index (χ4n) is 3.15. The van der Waals surface area contributed by atoms with Gasteiger partial charge in [-0.3, -0.25) is 4.79 Å². The number of rotatable bonds is 5. The summed E-state index contributed by atoms with van der Waals surface area (Å²) in [6.45, 7) is 10.2. The maximum absolute atomic E-state index is 12.5. The molecule has 0 spiro atoms. The molecular weight excluding hydrogens is 322 g/mol. The summed E-state index contributed by atoms with van der Waals surface area (Å²) in [5.74, 6) is 0.898. The maximum atomic E-state index is 12.5. The predicted molar refractivity (Wildman–Crippen MR) is 109 cm³/mol. The Labute approximate surface area is 154 Å². The summed E-state index contributed by atoms with van der Waals surface area (Å²) >= 11 is 0. The lowest BCUT2D eigenvalue weighted by molar-refractivity contribution is 0.102. The number of anilines is 2. The summed E-state index contributed by atoms with van der Waals surface area (Å²) in [6.07, 6.45) is 0. The van der Waals surface area contributed by atoms with Gasteiger partial charge in [-0.1, -0.05) is 17.7 Å². The summed E-state index contributed by atoms with van der Waals surface area (Å²) < 4.78 is 0. The number of nitrogens with one attached hydrogen (secondary N) is 1. The maximum Gasteiger partial charge on any atom is 0.255 e. The highest BCUT2D eigenvalue weighted by Crippen LogP contribution is 2.25. The molecule has 0 fully saturated rings. The van der Waals surface area contributed by atoms with E-state index in [1.165, 1.54) is 0 Å². The van der Waals surface area contributed by atoms with Crippen molar-refractivity contribution in [3.8, 4) is 0 Å². The van der Waals surface area contributed by atoms with Gasteiger partial charge in [0.05, 0.1) is 5.52 Å². The third kappa shape index (κ3) is 3.69. The van der Waals surface area contributed by atoms with E-state index in [0.717, 1.165) is 46.6 Å². The summed E-state index contributed by atoms with van der Waals surface area (Å²) in [5, 5.41) is 4.05. The average molecular weight is 347 g/mol. The van der Waals surface area contributed by atoms with Gasteiger partial charge in [0.15, 0.2) is 0 Å². The Hall–Kier alpha value is -2.88. The van der Waals surface area contributed by atoms with E-state index in [-0.39, 0.29) is 5.91 Å². The first-order valence-electron chi connectivity index (χ1n) is 9.06. The van der Waals surface area contributed by atoms with Crippen molar-refractivity contribution in [2.45, 2.75) is 27.7 Å². The molecule has 0 aliphatic heterocycles. The topological polar surface area (TPSA) is 45.2 Å². The lowest BCUT2D eigenvalue weighted by Gasteiger charge is -2.21. The number of hydrogen-bond acceptors (Lipinski definition) is 3. The molecule has 2 aromatic carbocycles. The van der Waals surface area contributed by atoms with Crippen molar-refractivity contribution in [3.05, 3.63) is 65.2 Å². The van der Waals surface area contributed by atoms with Gasteiger partial charge in [-0.05, 0) is 69.7 Å². The highest BCUT2D eigenvalue weighted by atomic mass is 16.1. The van der Waals surface area contributed by atoms with Gasteiger partial charge in [-0.25, -0.2) is 4.98 Å². The Morgan fingerprint density at radius 3 is 2.50 bits per heavy atom. The molecule has 0 saturated carbocycles. The molecular formula is C22H25N3O. The zero-order valence-corrected chi connectivity index (χ0v) is 15.8. The van der Waals surface area contributed by atoms with E-state index in [2.05, 4.69) is 37.1 Å². The SMILES string of the molecule is CCN(CC)c1cc(C)c2cc(NC(=O)c3cccc(C)c3)ccc2n1. The molecule has 3 rings (SSSR count). The number of aromatic nitrogens is 1. The van der Waals surface area contributed by atoms with E-state index in [1.807, 2.05) is 49.4 Å². The normalized spacial score (nSPS) is 10.8. The lowest BCUT2D eigenvalue weighted by Crippen LogP contribution is -2.23. The van der Waals surface area contributed by atoms with Crippen molar-refractivity contribution in [2.24, 2.45) is 0 Å². The Balaban J connectivity index is 1.91. The molecule has 3 aromatic rings. The fourth-order valence-corrected chi connectivity index (χ4v) is 3.15. The molecule has 4 heteroatoms. The Morgan fingerprint density at radius 2 is 1.81 bits per heavy atom. The first kappa shape index (κ1) is 17.9. The summed E-state index contributed by atoms with van der Waals surface area (Å²) in [4.78, 5) is 19.5. The number of fused-ring (bicyclic) bond motifs is 1. The second kappa shape index (κ2) is 7.56. The van der Waals surface area contributed by atoms with Gasteiger partial charge in [0.25, 0.3) is 5.91 Å². The van der Waals surface area contributed by atoms with Crippen LogP contribution in [0.25, 0.3) is 10.9 Å². The average Bonchev–Trinajstić information content (AvgIpc) is 2.63. The molecule has 0 aliphatic carbocycles. The first-order valence-corrected chi connectivity index (χ1v) is 9.06. The van der Waals surface area contributed by atoms with E-state index < -0.39 is 0 Å². The van der Waals surface area contributed by atoms with Gasteiger partial charge in [-0.15, -0.1) is 0 Å². The van der Waals surface area contributed by atoms with Gasteiger partial charge in [-0.2, -0.15) is 0 Å². The van der Waals surface area contributed by atoms with E-state index in [9.17, 15) is 4.79 Å². The van der Waals surface area contributed by atoms with E-state index in [4.69, 9.17) is 4.98 Å². The molecule has 0 saturated heterocycles. The molecule has 1 N–H and O–H groups in total. The van der Waals surface area contributed by atoms with Crippen molar-refractivity contribution in [1.29, 1.82) is 0 Å². The summed E-state index contributed by atoms with van der Waals surface area (Å²) in [7, 11) is 0. The van der Waals surface area contributed by atoms with Crippen molar-refractivity contribution in [1.82, 2.24) is 4.98 Å². The number of hydrogen-bond donors (Lipinski definition) is 1. The first-order chi connectivity index (χ1) is 12.5. The zero-order valence-electron chi connectivity index (χ0n) is 15.8. The van der Waals surface area contributed by atoms with Gasteiger partial charge >= 0.3 is 0 Å². The van der Waals surface area contributed by atoms with E-state index >= 15 is 0 Å². The lowest BCUT2D eigenvalue weighted by atomic mass is 10.1. The molecule has 1 aromatic heterocycles. The van der Waals surface area contributed by atoms with Crippen LogP contribution >= 0.6 is 0 Å². The van der Waals surface area contributed by atoms with Crippen LogP contribution in [0, 0.1) is 13.8 Å². The number of aryl methyl sites for hydroxylation is 2. The largest absolute Gasteiger partial charge is 0.357 e. The Bertz CT molecular complexity index is 945. The van der Waals surface area contributed by atoms with Crippen LogP contribution in [-0.2, 0) is 0 Å². The Kier molecular flexibility index (Phi) is 5.21. The van der Waals surface area contributed by atoms with Crippen molar-refractivity contribution in [3.63, 3.8) is 0 Å². The molecule has 0 bridgehead atoms. The smallest absolute Gasteiger partial charge is 0.255 e. The van der Waals surface area contributed by atoms with Crippen LogP contribution < -0.4 is 10.2 Å². The summed E-state index contributed by atoms with van der Waals surface area (Å²) in [6, 6.07) is 15.6. The van der Waals surface area contributed by atoms with Crippen LogP contribution in [0.3, 0.4) is 0 Å². The number of carbonyl (C=O) groups is 1.